The molecule has 0 aliphatic carbocycles. The summed E-state index contributed by atoms with van der Waals surface area (Å²) >= 11 is 0. The van der Waals surface area contributed by atoms with Crippen LogP contribution in [0.5, 0.6) is 11.5 Å². The van der Waals surface area contributed by atoms with Crippen molar-refractivity contribution in [1.82, 2.24) is 0 Å². The highest BCUT2D eigenvalue weighted by Gasteiger charge is 2.27. The third-order valence-corrected chi connectivity index (χ3v) is 4.99. The number of rotatable bonds is 10. The number of unbranched alkanes of at least 4 members (excludes halogenated alkanes) is 2. The number of anilines is 1. The Balaban J connectivity index is 2.15. The predicted octanol–water partition coefficient (Wildman–Crippen LogP) is 5.89. The summed E-state index contributed by atoms with van der Waals surface area (Å²) < 4.78 is 0. The van der Waals surface area contributed by atoms with Crippen molar-refractivity contribution in [2.75, 3.05) is 18.0 Å². The maximum atomic E-state index is 10.8. The van der Waals surface area contributed by atoms with Crippen LogP contribution < -0.4 is 4.90 Å². The van der Waals surface area contributed by atoms with Crippen molar-refractivity contribution in [3.63, 3.8) is 0 Å². The highest BCUT2D eigenvalue weighted by molar-refractivity contribution is 5.72. The molecule has 1 heterocycles. The van der Waals surface area contributed by atoms with Gasteiger partial charge in [0.1, 0.15) is 11.5 Å². The summed E-state index contributed by atoms with van der Waals surface area (Å²) in [5.74, 6) is 0.510. The standard InChI is InChI=1S/C23H35NO2/c1-5-6-7-11-19-16-21(25)20(23(26)22(19)24-14-15-24)13-12-18(4)10-8-9-17(2)3/h9,12,16,25-26H,5-8,10-11,13-15H2,1-4H3/b18-12+. The summed E-state index contributed by atoms with van der Waals surface area (Å²) in [5.41, 5.74) is 5.33. The summed E-state index contributed by atoms with van der Waals surface area (Å²) in [4.78, 5) is 2.20. The van der Waals surface area contributed by atoms with E-state index >= 15 is 0 Å². The molecule has 2 rings (SSSR count). The van der Waals surface area contributed by atoms with Crippen LogP contribution in [0.3, 0.4) is 0 Å². The van der Waals surface area contributed by atoms with Gasteiger partial charge in [0, 0.05) is 18.7 Å². The molecular formula is C23H35NO2. The van der Waals surface area contributed by atoms with Gasteiger partial charge in [-0.2, -0.15) is 0 Å². The van der Waals surface area contributed by atoms with Crippen molar-refractivity contribution in [2.24, 2.45) is 0 Å². The van der Waals surface area contributed by atoms with Gasteiger partial charge in [0.25, 0.3) is 0 Å². The Bertz CT molecular complexity index is 665. The van der Waals surface area contributed by atoms with Crippen LogP contribution >= 0.6 is 0 Å². The molecule has 0 saturated carbocycles. The Morgan fingerprint density at radius 2 is 1.85 bits per heavy atom. The summed E-state index contributed by atoms with van der Waals surface area (Å²) in [5, 5.41) is 21.3. The van der Waals surface area contributed by atoms with Gasteiger partial charge in [0.05, 0.1) is 5.69 Å². The second kappa shape index (κ2) is 9.70. The maximum absolute atomic E-state index is 10.8. The summed E-state index contributed by atoms with van der Waals surface area (Å²) in [7, 11) is 0. The molecule has 0 radical (unpaired) electrons. The largest absolute Gasteiger partial charge is 0.508 e. The minimum atomic E-state index is 0.230. The molecule has 2 N–H and O–H groups in total. The monoisotopic (exact) mass is 357 g/mol. The first-order valence-corrected chi connectivity index (χ1v) is 10.0. The number of hydrogen-bond acceptors (Lipinski definition) is 3. The number of phenols is 2. The molecule has 144 valence electrons. The van der Waals surface area contributed by atoms with Crippen molar-refractivity contribution < 1.29 is 10.2 Å². The maximum Gasteiger partial charge on any atom is 0.146 e. The number of allylic oxidation sites excluding steroid dienone is 4. The fourth-order valence-corrected chi connectivity index (χ4v) is 3.29. The zero-order chi connectivity index (χ0) is 19.1. The normalized spacial score (nSPS) is 13.8. The topological polar surface area (TPSA) is 43.5 Å². The van der Waals surface area contributed by atoms with Crippen LogP contribution in [0.15, 0.2) is 29.4 Å². The molecule has 0 atom stereocenters. The van der Waals surface area contributed by atoms with Crippen LogP contribution in [0, 0.1) is 0 Å². The van der Waals surface area contributed by atoms with Crippen LogP contribution in [0.4, 0.5) is 5.69 Å². The van der Waals surface area contributed by atoms with Gasteiger partial charge in [-0.05, 0) is 64.5 Å². The first kappa shape index (κ1) is 20.4. The summed E-state index contributed by atoms with van der Waals surface area (Å²) in [6.45, 7) is 10.5. The molecule has 0 amide bonds. The van der Waals surface area contributed by atoms with E-state index in [-0.39, 0.29) is 11.5 Å². The highest BCUT2D eigenvalue weighted by Crippen LogP contribution is 2.43. The number of phenolic OH excluding ortho intramolecular Hbond substituents is 2. The quantitative estimate of drug-likeness (QED) is 0.312. The molecular weight excluding hydrogens is 322 g/mol. The van der Waals surface area contributed by atoms with Gasteiger partial charge in [-0.25, -0.2) is 0 Å². The first-order chi connectivity index (χ1) is 12.4. The Kier molecular flexibility index (Phi) is 7.62. The average molecular weight is 358 g/mol. The molecule has 1 aromatic rings. The molecule has 26 heavy (non-hydrogen) atoms. The predicted molar refractivity (Wildman–Crippen MR) is 111 cm³/mol. The molecule has 0 aromatic heterocycles. The van der Waals surface area contributed by atoms with Crippen LogP contribution in [0.2, 0.25) is 0 Å². The molecule has 3 nitrogen and oxygen atoms in total. The van der Waals surface area contributed by atoms with Crippen molar-refractivity contribution >= 4 is 5.69 Å². The lowest BCUT2D eigenvalue weighted by Crippen LogP contribution is -2.01. The van der Waals surface area contributed by atoms with Gasteiger partial charge in [-0.1, -0.05) is 43.1 Å². The fourth-order valence-electron chi connectivity index (χ4n) is 3.29. The molecule has 1 fully saturated rings. The van der Waals surface area contributed by atoms with Crippen LogP contribution in [0.1, 0.15) is 70.9 Å². The molecule has 0 bridgehead atoms. The minimum Gasteiger partial charge on any atom is -0.508 e. The minimum absolute atomic E-state index is 0.230. The molecule has 1 saturated heterocycles. The van der Waals surface area contributed by atoms with E-state index in [9.17, 15) is 10.2 Å². The van der Waals surface area contributed by atoms with E-state index in [0.717, 1.165) is 50.0 Å². The van der Waals surface area contributed by atoms with Crippen molar-refractivity contribution in [2.45, 2.75) is 72.6 Å². The van der Waals surface area contributed by atoms with Crippen LogP contribution in [-0.2, 0) is 12.8 Å². The average Bonchev–Trinajstić information content (AvgIpc) is 3.39. The Hall–Kier alpha value is -1.90. The first-order valence-electron chi connectivity index (χ1n) is 10.0. The fraction of sp³-hybridized carbons (Fsp3) is 0.565. The number of benzene rings is 1. The van der Waals surface area contributed by atoms with Gasteiger partial charge in [-0.15, -0.1) is 0 Å². The van der Waals surface area contributed by atoms with E-state index in [1.165, 1.54) is 24.0 Å². The summed E-state index contributed by atoms with van der Waals surface area (Å²) in [6.07, 6.45) is 11.4. The molecule has 1 aromatic carbocycles. The van der Waals surface area contributed by atoms with Gasteiger partial charge in [0.15, 0.2) is 0 Å². The van der Waals surface area contributed by atoms with Gasteiger partial charge >= 0.3 is 0 Å². The Morgan fingerprint density at radius 1 is 1.12 bits per heavy atom. The SMILES string of the molecule is CCCCCc1cc(O)c(C/C=C(\C)CCC=C(C)C)c(O)c1N1CC1. The van der Waals surface area contributed by atoms with E-state index < -0.39 is 0 Å². The number of aromatic hydroxyl groups is 2. The van der Waals surface area contributed by atoms with E-state index in [1.807, 2.05) is 6.07 Å². The third-order valence-electron chi connectivity index (χ3n) is 4.99. The van der Waals surface area contributed by atoms with Crippen LogP contribution in [-0.4, -0.2) is 23.3 Å². The molecule has 1 aliphatic rings. The van der Waals surface area contributed by atoms with Crippen molar-refractivity contribution in [1.29, 1.82) is 0 Å². The smallest absolute Gasteiger partial charge is 0.146 e. The number of aryl methyl sites for hydroxylation is 1. The van der Waals surface area contributed by atoms with E-state index in [2.05, 4.69) is 44.7 Å². The lowest BCUT2D eigenvalue weighted by atomic mass is 9.98. The Morgan fingerprint density at radius 3 is 2.46 bits per heavy atom. The molecule has 0 spiro atoms. The van der Waals surface area contributed by atoms with E-state index in [0.29, 0.717) is 12.0 Å². The molecule has 3 heteroatoms. The lowest BCUT2D eigenvalue weighted by molar-refractivity contribution is 0.440. The second-order valence-electron chi connectivity index (χ2n) is 7.75. The van der Waals surface area contributed by atoms with Gasteiger partial charge < -0.3 is 15.1 Å². The third kappa shape index (κ3) is 5.82. The van der Waals surface area contributed by atoms with E-state index in [1.54, 1.807) is 0 Å². The molecule has 0 unspecified atom stereocenters. The Labute approximate surface area is 159 Å². The zero-order valence-electron chi connectivity index (χ0n) is 16.9. The summed E-state index contributed by atoms with van der Waals surface area (Å²) in [6, 6.07) is 1.88. The number of hydrogen-bond donors (Lipinski definition) is 2. The van der Waals surface area contributed by atoms with Crippen LogP contribution in [0.25, 0.3) is 0 Å². The van der Waals surface area contributed by atoms with Gasteiger partial charge in [-0.3, -0.25) is 0 Å². The van der Waals surface area contributed by atoms with E-state index in [4.69, 9.17) is 0 Å². The number of nitrogens with zero attached hydrogens (tertiary/aromatic N) is 1. The lowest BCUT2D eigenvalue weighted by Gasteiger charge is -2.17. The highest BCUT2D eigenvalue weighted by atomic mass is 16.3. The van der Waals surface area contributed by atoms with Gasteiger partial charge in [0.2, 0.25) is 0 Å². The molecule has 1 aliphatic heterocycles. The second-order valence-corrected chi connectivity index (χ2v) is 7.75. The van der Waals surface area contributed by atoms with Crippen molar-refractivity contribution in [3.05, 3.63) is 40.5 Å². The van der Waals surface area contributed by atoms with Crippen molar-refractivity contribution in [3.8, 4) is 11.5 Å². The zero-order valence-corrected chi connectivity index (χ0v) is 16.9.